The van der Waals surface area contributed by atoms with Crippen LogP contribution >= 0.6 is 23.2 Å². The standard InChI is InChI=1S/C21H22Cl2N4O2/c1-12-2-5-16-17(8-12)26-19(25-16)10-24-21(29)20-18(28)6-7-27(20)11-13-3-4-14(22)9-15(13)23/h2-5,8-9,18,20,28H,6-7,10-11H2,1H3,(H,24,29)(H,25,26)/t18-,20-/m0/s1. The maximum absolute atomic E-state index is 12.8. The lowest BCUT2D eigenvalue weighted by molar-refractivity contribution is -0.128. The lowest BCUT2D eigenvalue weighted by Crippen LogP contribution is -2.47. The van der Waals surface area contributed by atoms with E-state index in [9.17, 15) is 9.90 Å². The van der Waals surface area contributed by atoms with Crippen LogP contribution in [0.2, 0.25) is 10.0 Å². The molecule has 0 unspecified atom stereocenters. The second-order valence-electron chi connectivity index (χ2n) is 7.43. The van der Waals surface area contributed by atoms with Crippen LogP contribution in [0.3, 0.4) is 0 Å². The van der Waals surface area contributed by atoms with E-state index in [0.717, 1.165) is 22.2 Å². The van der Waals surface area contributed by atoms with E-state index in [4.69, 9.17) is 23.2 Å². The molecular weight excluding hydrogens is 411 g/mol. The van der Waals surface area contributed by atoms with Crippen LogP contribution in [0.25, 0.3) is 11.0 Å². The van der Waals surface area contributed by atoms with Gasteiger partial charge < -0.3 is 15.4 Å². The van der Waals surface area contributed by atoms with Crippen LogP contribution in [0.1, 0.15) is 23.4 Å². The lowest BCUT2D eigenvalue weighted by atomic mass is 10.1. The molecule has 2 atom stereocenters. The molecule has 3 aromatic rings. The highest BCUT2D eigenvalue weighted by Gasteiger charge is 2.38. The first-order valence-electron chi connectivity index (χ1n) is 9.50. The van der Waals surface area contributed by atoms with Crippen LogP contribution in [-0.2, 0) is 17.9 Å². The number of rotatable bonds is 5. The Balaban J connectivity index is 1.43. The van der Waals surface area contributed by atoms with Crippen LogP contribution in [0, 0.1) is 6.92 Å². The summed E-state index contributed by atoms with van der Waals surface area (Å²) in [5, 5.41) is 14.4. The van der Waals surface area contributed by atoms with Crippen LogP contribution in [0.15, 0.2) is 36.4 Å². The Hall–Kier alpha value is -2.12. The zero-order valence-corrected chi connectivity index (χ0v) is 17.5. The minimum atomic E-state index is -0.723. The summed E-state index contributed by atoms with van der Waals surface area (Å²) in [4.78, 5) is 22.5. The molecule has 1 amide bonds. The molecule has 0 aliphatic carbocycles. The number of fused-ring (bicyclic) bond motifs is 1. The smallest absolute Gasteiger partial charge is 0.240 e. The van der Waals surface area contributed by atoms with Gasteiger partial charge in [-0.2, -0.15) is 0 Å². The number of likely N-dealkylation sites (tertiary alicyclic amines) is 1. The first-order valence-corrected chi connectivity index (χ1v) is 10.3. The van der Waals surface area contributed by atoms with Gasteiger partial charge in [0, 0.05) is 23.1 Å². The number of aryl methyl sites for hydroxylation is 1. The van der Waals surface area contributed by atoms with Gasteiger partial charge in [0.2, 0.25) is 5.91 Å². The van der Waals surface area contributed by atoms with Crippen molar-refractivity contribution in [2.75, 3.05) is 6.54 Å². The predicted molar refractivity (Wildman–Crippen MR) is 114 cm³/mol. The molecule has 2 heterocycles. The molecular formula is C21H22Cl2N4O2. The number of aromatic nitrogens is 2. The summed E-state index contributed by atoms with van der Waals surface area (Å²) in [6.45, 7) is 3.37. The number of nitrogens with one attached hydrogen (secondary N) is 2. The number of amides is 1. The van der Waals surface area contributed by atoms with E-state index in [-0.39, 0.29) is 12.5 Å². The summed E-state index contributed by atoms with van der Waals surface area (Å²) in [7, 11) is 0. The topological polar surface area (TPSA) is 81.2 Å². The summed E-state index contributed by atoms with van der Waals surface area (Å²) >= 11 is 12.2. The van der Waals surface area contributed by atoms with E-state index in [0.29, 0.717) is 35.4 Å². The predicted octanol–water partition coefficient (Wildman–Crippen LogP) is 3.43. The molecule has 2 aromatic carbocycles. The van der Waals surface area contributed by atoms with Crippen molar-refractivity contribution in [1.82, 2.24) is 20.2 Å². The Morgan fingerprint density at radius 3 is 2.93 bits per heavy atom. The van der Waals surface area contributed by atoms with Crippen molar-refractivity contribution < 1.29 is 9.90 Å². The number of carbonyl (C=O) groups is 1. The van der Waals surface area contributed by atoms with Gasteiger partial charge in [-0.25, -0.2) is 4.98 Å². The molecule has 6 nitrogen and oxygen atoms in total. The van der Waals surface area contributed by atoms with Crippen molar-refractivity contribution in [3.63, 3.8) is 0 Å². The number of hydrogen-bond acceptors (Lipinski definition) is 4. The first kappa shape index (κ1) is 20.2. The van der Waals surface area contributed by atoms with Gasteiger partial charge in [0.1, 0.15) is 11.9 Å². The molecule has 1 aromatic heterocycles. The van der Waals surface area contributed by atoms with Crippen molar-refractivity contribution in [1.29, 1.82) is 0 Å². The molecule has 8 heteroatoms. The molecule has 3 N–H and O–H groups in total. The summed E-state index contributed by atoms with van der Waals surface area (Å²) in [6.07, 6.45) is -0.188. The summed E-state index contributed by atoms with van der Waals surface area (Å²) in [5.41, 5.74) is 3.81. The largest absolute Gasteiger partial charge is 0.391 e. The molecule has 152 valence electrons. The Bertz CT molecular complexity index is 1050. The number of benzene rings is 2. The maximum Gasteiger partial charge on any atom is 0.240 e. The third-order valence-corrected chi connectivity index (χ3v) is 5.83. The van der Waals surface area contributed by atoms with E-state index in [2.05, 4.69) is 15.3 Å². The van der Waals surface area contributed by atoms with E-state index in [1.54, 1.807) is 12.1 Å². The minimum Gasteiger partial charge on any atom is -0.391 e. The molecule has 1 fully saturated rings. The highest BCUT2D eigenvalue weighted by molar-refractivity contribution is 6.35. The summed E-state index contributed by atoms with van der Waals surface area (Å²) < 4.78 is 0. The number of halogens is 2. The van der Waals surface area contributed by atoms with Gasteiger partial charge in [-0.05, 0) is 48.7 Å². The minimum absolute atomic E-state index is 0.225. The van der Waals surface area contributed by atoms with Crippen LogP contribution in [0.5, 0.6) is 0 Å². The fraction of sp³-hybridized carbons (Fsp3) is 0.333. The first-order chi connectivity index (χ1) is 13.9. The van der Waals surface area contributed by atoms with Gasteiger partial charge in [0.25, 0.3) is 0 Å². The van der Waals surface area contributed by atoms with Crippen molar-refractivity contribution >= 4 is 40.1 Å². The van der Waals surface area contributed by atoms with Crippen LogP contribution in [-0.4, -0.2) is 44.6 Å². The zero-order valence-electron chi connectivity index (χ0n) is 16.0. The summed E-state index contributed by atoms with van der Waals surface area (Å²) in [5.74, 6) is 0.454. The molecule has 1 saturated heterocycles. The molecule has 0 spiro atoms. The molecule has 0 radical (unpaired) electrons. The lowest BCUT2D eigenvalue weighted by Gasteiger charge is -2.25. The van der Waals surface area contributed by atoms with E-state index >= 15 is 0 Å². The van der Waals surface area contributed by atoms with E-state index in [1.807, 2.05) is 36.1 Å². The van der Waals surface area contributed by atoms with Crippen molar-refractivity contribution in [3.05, 3.63) is 63.4 Å². The van der Waals surface area contributed by atoms with Crippen LogP contribution < -0.4 is 5.32 Å². The number of H-pyrrole nitrogens is 1. The SMILES string of the molecule is Cc1ccc2nc(CNC(=O)[C@@H]3[C@@H](O)CCN3Cc3ccc(Cl)cc3Cl)[nH]c2c1. The Labute approximate surface area is 178 Å². The van der Waals surface area contributed by atoms with Gasteiger partial charge in [0.05, 0.1) is 23.7 Å². The highest BCUT2D eigenvalue weighted by Crippen LogP contribution is 2.26. The normalized spacial score (nSPS) is 19.7. The van der Waals surface area contributed by atoms with Gasteiger partial charge >= 0.3 is 0 Å². The van der Waals surface area contributed by atoms with Crippen molar-refractivity contribution in [2.45, 2.75) is 38.6 Å². The third-order valence-electron chi connectivity index (χ3n) is 5.24. The van der Waals surface area contributed by atoms with E-state index in [1.165, 1.54) is 0 Å². The molecule has 1 aliphatic rings. The number of hydrogen-bond donors (Lipinski definition) is 3. The number of imidazole rings is 1. The average molecular weight is 433 g/mol. The van der Waals surface area contributed by atoms with Gasteiger partial charge in [-0.3, -0.25) is 9.69 Å². The molecule has 1 aliphatic heterocycles. The second-order valence-corrected chi connectivity index (χ2v) is 8.27. The van der Waals surface area contributed by atoms with Crippen molar-refractivity contribution in [3.8, 4) is 0 Å². The van der Waals surface area contributed by atoms with E-state index < -0.39 is 12.1 Å². The fourth-order valence-electron chi connectivity index (χ4n) is 3.76. The molecule has 4 rings (SSSR count). The van der Waals surface area contributed by atoms with Crippen molar-refractivity contribution in [2.24, 2.45) is 0 Å². The monoisotopic (exact) mass is 432 g/mol. The van der Waals surface area contributed by atoms with Crippen LogP contribution in [0.4, 0.5) is 0 Å². The number of carbonyl (C=O) groups excluding carboxylic acids is 1. The van der Waals surface area contributed by atoms with Gasteiger partial charge in [-0.15, -0.1) is 0 Å². The average Bonchev–Trinajstić information content (AvgIpc) is 3.24. The highest BCUT2D eigenvalue weighted by atomic mass is 35.5. The number of nitrogens with zero attached hydrogens (tertiary/aromatic N) is 2. The number of aliphatic hydroxyl groups is 1. The maximum atomic E-state index is 12.8. The molecule has 0 bridgehead atoms. The Kier molecular flexibility index (Phi) is 5.79. The fourth-order valence-corrected chi connectivity index (χ4v) is 4.23. The Morgan fingerprint density at radius 1 is 1.31 bits per heavy atom. The second kappa shape index (κ2) is 8.32. The zero-order chi connectivity index (χ0) is 20.5. The number of aliphatic hydroxyl groups excluding tert-OH is 1. The molecule has 0 saturated carbocycles. The van der Waals surface area contributed by atoms with Gasteiger partial charge in [-0.1, -0.05) is 35.3 Å². The number of aromatic amines is 1. The third kappa shape index (κ3) is 4.41. The Morgan fingerprint density at radius 2 is 2.14 bits per heavy atom. The molecule has 29 heavy (non-hydrogen) atoms. The summed E-state index contributed by atoms with van der Waals surface area (Å²) in [6, 6.07) is 10.6. The quantitative estimate of drug-likeness (QED) is 0.576. The van der Waals surface area contributed by atoms with Gasteiger partial charge in [0.15, 0.2) is 0 Å².